The lowest BCUT2D eigenvalue weighted by molar-refractivity contribution is -0.383. The number of imide groups is 1. The highest BCUT2D eigenvalue weighted by atomic mass is 19.1. The smallest absolute Gasteiger partial charge is 0.290 e. The average molecular weight is 575 g/mol. The van der Waals surface area contributed by atoms with Crippen LogP contribution in [0.1, 0.15) is 45.0 Å². The summed E-state index contributed by atoms with van der Waals surface area (Å²) >= 11 is 0. The first-order chi connectivity index (χ1) is 20.2. The van der Waals surface area contributed by atoms with E-state index in [2.05, 4.69) is 10.3 Å². The SMILES string of the molecule is O=C(CN1CC(N2C(=O)c3cccc(F)c3C2=O)C1)N(c1ccc(F)cc1C1CC1)c1ccc([N+](=O)[O-])c2nonc12. The molecule has 0 unspecified atom stereocenters. The Morgan fingerprint density at radius 3 is 2.48 bits per heavy atom. The van der Waals surface area contributed by atoms with Crippen molar-refractivity contribution in [1.82, 2.24) is 20.1 Å². The maximum atomic E-state index is 14.3. The van der Waals surface area contributed by atoms with Crippen LogP contribution in [0.4, 0.5) is 25.8 Å². The predicted octanol–water partition coefficient (Wildman–Crippen LogP) is 3.93. The minimum absolute atomic E-state index is 0.00743. The topological polar surface area (TPSA) is 143 Å². The number of amides is 3. The number of fused-ring (bicyclic) bond motifs is 2. The number of likely N-dealkylation sites (tertiary alicyclic amines) is 1. The van der Waals surface area contributed by atoms with Gasteiger partial charge in [0.25, 0.3) is 11.8 Å². The number of non-ortho nitro benzene ring substituents is 1. The van der Waals surface area contributed by atoms with E-state index in [0.717, 1.165) is 23.8 Å². The molecule has 7 rings (SSSR count). The molecule has 1 saturated heterocycles. The number of nitro benzene ring substituents is 1. The highest BCUT2D eigenvalue weighted by Gasteiger charge is 2.46. The maximum Gasteiger partial charge on any atom is 0.300 e. The van der Waals surface area contributed by atoms with Gasteiger partial charge >= 0.3 is 5.69 Å². The standard InChI is InChI=1S/C28H20F2N6O6/c29-15-6-7-20(18(10-15)14-4-5-14)35(21-8-9-22(36(40)41)26-25(21)31-42-32-26)23(37)13-33-11-16(12-33)34-27(38)17-2-1-3-19(30)24(17)28(34)39/h1-3,6-10,14,16H,4-5,11-13H2. The molecule has 4 aromatic rings. The number of hydrogen-bond acceptors (Lipinski definition) is 9. The summed E-state index contributed by atoms with van der Waals surface area (Å²) in [6.45, 7) is 0.179. The maximum absolute atomic E-state index is 14.3. The van der Waals surface area contributed by atoms with E-state index < -0.39 is 40.3 Å². The van der Waals surface area contributed by atoms with Crippen LogP contribution in [0.15, 0.2) is 53.2 Å². The molecule has 12 nitrogen and oxygen atoms in total. The molecule has 2 fully saturated rings. The summed E-state index contributed by atoms with van der Waals surface area (Å²) in [6.07, 6.45) is 1.63. The summed E-state index contributed by atoms with van der Waals surface area (Å²) < 4.78 is 33.4. The van der Waals surface area contributed by atoms with Crippen LogP contribution in [0.3, 0.4) is 0 Å². The molecule has 212 valence electrons. The number of hydrogen-bond donors (Lipinski definition) is 0. The normalized spacial score (nSPS) is 17.0. The molecule has 1 aliphatic carbocycles. The van der Waals surface area contributed by atoms with Gasteiger partial charge in [-0.25, -0.2) is 13.4 Å². The van der Waals surface area contributed by atoms with Crippen LogP contribution in [-0.4, -0.2) is 68.4 Å². The summed E-state index contributed by atoms with van der Waals surface area (Å²) in [6, 6.07) is 9.99. The molecule has 0 atom stereocenters. The summed E-state index contributed by atoms with van der Waals surface area (Å²) in [5.41, 5.74) is 0.417. The van der Waals surface area contributed by atoms with E-state index in [1.807, 2.05) is 0 Å². The van der Waals surface area contributed by atoms with Crippen LogP contribution in [-0.2, 0) is 4.79 Å². The lowest BCUT2D eigenvalue weighted by Gasteiger charge is -2.43. The zero-order valence-electron chi connectivity index (χ0n) is 21.7. The summed E-state index contributed by atoms with van der Waals surface area (Å²) in [4.78, 5) is 54.7. The van der Waals surface area contributed by atoms with Gasteiger partial charge in [-0.3, -0.25) is 39.2 Å². The number of nitrogens with zero attached hydrogens (tertiary/aromatic N) is 6. The Labute approximate surface area is 235 Å². The van der Waals surface area contributed by atoms with Crippen LogP contribution in [0, 0.1) is 21.7 Å². The number of carbonyl (C=O) groups is 3. The van der Waals surface area contributed by atoms with Crippen molar-refractivity contribution < 1.29 is 32.7 Å². The Bertz CT molecular complexity index is 1830. The van der Waals surface area contributed by atoms with Gasteiger partial charge in [0.15, 0.2) is 5.52 Å². The van der Waals surface area contributed by atoms with Crippen molar-refractivity contribution in [1.29, 1.82) is 0 Å². The van der Waals surface area contributed by atoms with Gasteiger partial charge in [-0.05, 0) is 71.0 Å². The van der Waals surface area contributed by atoms with Gasteiger partial charge in [-0.2, -0.15) is 0 Å². The van der Waals surface area contributed by atoms with E-state index in [9.17, 15) is 33.3 Å². The van der Waals surface area contributed by atoms with Gasteiger partial charge in [0, 0.05) is 19.2 Å². The van der Waals surface area contributed by atoms with E-state index in [1.165, 1.54) is 47.4 Å². The van der Waals surface area contributed by atoms with Crippen molar-refractivity contribution in [3.05, 3.63) is 87.0 Å². The Morgan fingerprint density at radius 2 is 1.76 bits per heavy atom. The first-order valence-electron chi connectivity index (χ1n) is 13.1. The van der Waals surface area contributed by atoms with Crippen LogP contribution >= 0.6 is 0 Å². The molecule has 0 spiro atoms. The molecule has 3 amide bonds. The van der Waals surface area contributed by atoms with Crippen molar-refractivity contribution in [3.8, 4) is 0 Å². The average Bonchev–Trinajstić information content (AvgIpc) is 3.61. The van der Waals surface area contributed by atoms with Crippen molar-refractivity contribution in [2.45, 2.75) is 24.8 Å². The third-order valence-corrected chi connectivity index (χ3v) is 7.86. The molecular weight excluding hydrogens is 554 g/mol. The second kappa shape index (κ2) is 9.48. The molecule has 1 aromatic heterocycles. The molecule has 3 aromatic carbocycles. The minimum Gasteiger partial charge on any atom is -0.290 e. The largest absolute Gasteiger partial charge is 0.300 e. The molecule has 0 N–H and O–H groups in total. The summed E-state index contributed by atoms with van der Waals surface area (Å²) in [7, 11) is 0. The van der Waals surface area contributed by atoms with E-state index in [-0.39, 0.29) is 59.1 Å². The fourth-order valence-electron chi connectivity index (χ4n) is 5.71. The number of halogens is 2. The highest BCUT2D eigenvalue weighted by molar-refractivity contribution is 6.21. The minimum atomic E-state index is -0.766. The lowest BCUT2D eigenvalue weighted by atomic mass is 10.0. The number of benzene rings is 3. The van der Waals surface area contributed by atoms with Gasteiger partial charge in [0.2, 0.25) is 11.4 Å². The second-order valence-corrected chi connectivity index (χ2v) is 10.5. The Morgan fingerprint density at radius 1 is 1.02 bits per heavy atom. The van der Waals surface area contributed by atoms with Crippen molar-refractivity contribution in [2.75, 3.05) is 24.5 Å². The van der Waals surface area contributed by atoms with Gasteiger partial charge in [-0.15, -0.1) is 0 Å². The van der Waals surface area contributed by atoms with E-state index in [1.54, 1.807) is 4.90 Å². The molecule has 0 radical (unpaired) electrons. The zero-order valence-corrected chi connectivity index (χ0v) is 21.7. The zero-order chi connectivity index (χ0) is 29.3. The van der Waals surface area contributed by atoms with Crippen LogP contribution in [0.2, 0.25) is 0 Å². The molecule has 0 bridgehead atoms. The monoisotopic (exact) mass is 574 g/mol. The van der Waals surface area contributed by atoms with Gasteiger partial charge in [0.1, 0.15) is 11.6 Å². The second-order valence-electron chi connectivity index (χ2n) is 10.5. The molecular formula is C28H20F2N6O6. The Balaban J connectivity index is 1.19. The number of nitro groups is 1. The molecule has 1 saturated carbocycles. The lowest BCUT2D eigenvalue weighted by Crippen LogP contribution is -2.62. The first-order valence-corrected chi connectivity index (χ1v) is 13.1. The van der Waals surface area contributed by atoms with Crippen LogP contribution in [0.25, 0.3) is 11.0 Å². The predicted molar refractivity (Wildman–Crippen MR) is 141 cm³/mol. The van der Waals surface area contributed by atoms with Gasteiger partial charge < -0.3 is 0 Å². The van der Waals surface area contributed by atoms with Crippen LogP contribution < -0.4 is 4.90 Å². The molecule has 14 heteroatoms. The Hall–Kier alpha value is -5.11. The van der Waals surface area contributed by atoms with E-state index in [0.29, 0.717) is 11.3 Å². The fraction of sp³-hybridized carbons (Fsp3) is 0.250. The van der Waals surface area contributed by atoms with Gasteiger partial charge in [0.05, 0.1) is 40.0 Å². The number of rotatable bonds is 7. The van der Waals surface area contributed by atoms with Gasteiger partial charge in [-0.1, -0.05) is 6.07 Å². The third kappa shape index (κ3) is 4.02. The molecule has 42 heavy (non-hydrogen) atoms. The number of carbonyl (C=O) groups excluding carboxylic acids is 3. The number of aromatic nitrogens is 2. The Kier molecular flexibility index (Phi) is 5.83. The van der Waals surface area contributed by atoms with Crippen molar-refractivity contribution >= 4 is 45.8 Å². The fourth-order valence-corrected chi connectivity index (χ4v) is 5.71. The van der Waals surface area contributed by atoms with Crippen molar-refractivity contribution in [2.24, 2.45) is 0 Å². The molecule has 3 aliphatic rings. The van der Waals surface area contributed by atoms with Crippen LogP contribution in [0.5, 0.6) is 0 Å². The molecule has 3 heterocycles. The first kappa shape index (κ1) is 25.8. The quantitative estimate of drug-likeness (QED) is 0.182. The highest BCUT2D eigenvalue weighted by Crippen LogP contribution is 2.47. The summed E-state index contributed by atoms with van der Waals surface area (Å²) in [5.74, 6) is -2.95. The molecule has 2 aliphatic heterocycles. The third-order valence-electron chi connectivity index (χ3n) is 7.86. The van der Waals surface area contributed by atoms with E-state index in [4.69, 9.17) is 4.63 Å². The van der Waals surface area contributed by atoms with E-state index >= 15 is 0 Å². The number of anilines is 2. The van der Waals surface area contributed by atoms with Crippen molar-refractivity contribution in [3.63, 3.8) is 0 Å². The summed E-state index contributed by atoms with van der Waals surface area (Å²) in [5, 5.41) is 19.1.